The molecule has 0 bridgehead atoms. The average molecular weight is 223 g/mol. The Balaban J connectivity index is 3.24. The Morgan fingerprint density at radius 1 is 1.27 bits per heavy atom. The number of ether oxygens (including phenoxy) is 2. The number of nitriles is 1. The van der Waals surface area contributed by atoms with Crippen molar-refractivity contribution in [1.29, 1.82) is 5.26 Å². The first-order valence-electron chi connectivity index (χ1n) is 4.42. The molecule has 0 aliphatic rings. The summed E-state index contributed by atoms with van der Waals surface area (Å²) in [5.74, 6) is 1.51. The minimum absolute atomic E-state index is 0.362. The molecule has 0 saturated heterocycles. The third-order valence-electron chi connectivity index (χ3n) is 2.01. The summed E-state index contributed by atoms with van der Waals surface area (Å²) < 4.78 is 10.5. The fraction of sp³-hybridized carbons (Fsp3) is 0.364. The van der Waals surface area contributed by atoms with E-state index in [1.807, 2.05) is 18.4 Å². The first-order chi connectivity index (χ1) is 7.26. The highest BCUT2D eigenvalue weighted by Crippen LogP contribution is 2.37. The van der Waals surface area contributed by atoms with Crippen molar-refractivity contribution in [2.75, 3.05) is 20.5 Å². The van der Waals surface area contributed by atoms with Gasteiger partial charge in [0, 0.05) is 0 Å². The maximum Gasteiger partial charge on any atom is 0.136 e. The highest BCUT2D eigenvalue weighted by molar-refractivity contribution is 7.98. The van der Waals surface area contributed by atoms with Crippen LogP contribution in [0, 0.1) is 11.3 Å². The maximum atomic E-state index is 8.64. The van der Waals surface area contributed by atoms with Gasteiger partial charge in [0.25, 0.3) is 0 Å². The molecule has 0 fully saturated rings. The molecule has 0 amide bonds. The van der Waals surface area contributed by atoms with Crippen molar-refractivity contribution >= 4 is 11.8 Å². The number of hydrogen-bond acceptors (Lipinski definition) is 4. The second-order valence-electron chi connectivity index (χ2n) is 2.87. The van der Waals surface area contributed by atoms with Crippen LogP contribution in [0.1, 0.15) is 5.56 Å². The van der Waals surface area contributed by atoms with Crippen LogP contribution in [0.25, 0.3) is 0 Å². The highest BCUT2D eigenvalue weighted by atomic mass is 32.2. The molecule has 4 heteroatoms. The third-order valence-corrected chi connectivity index (χ3v) is 2.82. The molecule has 0 unspecified atom stereocenters. The monoisotopic (exact) mass is 223 g/mol. The van der Waals surface area contributed by atoms with Crippen molar-refractivity contribution in [1.82, 2.24) is 0 Å². The van der Waals surface area contributed by atoms with E-state index in [-0.39, 0.29) is 0 Å². The summed E-state index contributed by atoms with van der Waals surface area (Å²) in [6, 6.07) is 5.85. The number of rotatable bonds is 4. The minimum Gasteiger partial charge on any atom is -0.495 e. The zero-order valence-corrected chi connectivity index (χ0v) is 9.85. The van der Waals surface area contributed by atoms with Crippen LogP contribution in [-0.2, 0) is 6.42 Å². The molecule has 1 aromatic rings. The van der Waals surface area contributed by atoms with Crippen molar-refractivity contribution < 1.29 is 9.47 Å². The van der Waals surface area contributed by atoms with Crippen LogP contribution < -0.4 is 9.47 Å². The SMILES string of the molecule is COc1cc(CC#N)cc(OC)c1SC. The van der Waals surface area contributed by atoms with Crippen LogP contribution in [-0.4, -0.2) is 20.5 Å². The second kappa shape index (κ2) is 5.52. The van der Waals surface area contributed by atoms with Crippen LogP contribution >= 0.6 is 11.8 Å². The Kier molecular flexibility index (Phi) is 4.32. The third kappa shape index (κ3) is 2.57. The molecular weight excluding hydrogens is 210 g/mol. The van der Waals surface area contributed by atoms with E-state index >= 15 is 0 Å². The summed E-state index contributed by atoms with van der Waals surface area (Å²) >= 11 is 1.57. The van der Waals surface area contributed by atoms with Crippen LogP contribution in [0.2, 0.25) is 0 Å². The summed E-state index contributed by atoms with van der Waals surface area (Å²) in [6.45, 7) is 0. The van der Waals surface area contributed by atoms with Gasteiger partial charge < -0.3 is 9.47 Å². The smallest absolute Gasteiger partial charge is 0.136 e. The standard InChI is InChI=1S/C11H13NO2S/c1-13-9-6-8(4-5-12)7-10(14-2)11(9)15-3/h6-7H,4H2,1-3H3. The molecule has 0 N–H and O–H groups in total. The topological polar surface area (TPSA) is 42.2 Å². The normalized spacial score (nSPS) is 9.47. The van der Waals surface area contributed by atoms with E-state index in [1.54, 1.807) is 26.0 Å². The molecule has 0 aromatic heterocycles. The predicted octanol–water partition coefficient (Wildman–Crippen LogP) is 2.49. The Hall–Kier alpha value is -1.34. The quantitative estimate of drug-likeness (QED) is 0.735. The van der Waals surface area contributed by atoms with Crippen LogP contribution in [0.15, 0.2) is 17.0 Å². The van der Waals surface area contributed by atoms with Gasteiger partial charge in [0.05, 0.1) is 31.6 Å². The Bertz CT molecular complexity index is 360. The highest BCUT2D eigenvalue weighted by Gasteiger charge is 2.11. The maximum absolute atomic E-state index is 8.64. The van der Waals surface area contributed by atoms with E-state index < -0.39 is 0 Å². The number of thioether (sulfide) groups is 1. The van der Waals surface area contributed by atoms with Gasteiger partial charge in [-0.15, -0.1) is 11.8 Å². The van der Waals surface area contributed by atoms with Gasteiger partial charge in [-0.1, -0.05) is 0 Å². The predicted molar refractivity (Wildman–Crippen MR) is 60.6 cm³/mol. The van der Waals surface area contributed by atoms with Gasteiger partial charge in [-0.3, -0.25) is 0 Å². The van der Waals surface area contributed by atoms with E-state index in [4.69, 9.17) is 14.7 Å². The van der Waals surface area contributed by atoms with Crippen molar-refractivity contribution in [2.24, 2.45) is 0 Å². The van der Waals surface area contributed by atoms with Gasteiger partial charge in [0.1, 0.15) is 11.5 Å². The zero-order valence-electron chi connectivity index (χ0n) is 9.03. The van der Waals surface area contributed by atoms with Gasteiger partial charge in [-0.25, -0.2) is 0 Å². The fourth-order valence-corrected chi connectivity index (χ4v) is 2.02. The van der Waals surface area contributed by atoms with Crippen LogP contribution in [0.5, 0.6) is 11.5 Å². The lowest BCUT2D eigenvalue weighted by Gasteiger charge is -2.12. The average Bonchev–Trinajstić information content (AvgIpc) is 2.28. The van der Waals surface area contributed by atoms with Crippen LogP contribution in [0.4, 0.5) is 0 Å². The summed E-state index contributed by atoms with van der Waals surface area (Å²) in [5.41, 5.74) is 0.906. The Morgan fingerprint density at radius 2 is 1.80 bits per heavy atom. The van der Waals surface area contributed by atoms with Crippen molar-refractivity contribution in [3.63, 3.8) is 0 Å². The van der Waals surface area contributed by atoms with Crippen molar-refractivity contribution in [3.05, 3.63) is 17.7 Å². The molecule has 80 valence electrons. The molecular formula is C11H13NO2S. The van der Waals surface area contributed by atoms with Crippen LogP contribution in [0.3, 0.4) is 0 Å². The first-order valence-corrected chi connectivity index (χ1v) is 5.65. The van der Waals surface area contributed by atoms with Crippen molar-refractivity contribution in [3.8, 4) is 17.6 Å². The van der Waals surface area contributed by atoms with E-state index in [1.165, 1.54) is 0 Å². The molecule has 0 aliphatic heterocycles. The first kappa shape index (κ1) is 11.7. The number of nitrogens with zero attached hydrogens (tertiary/aromatic N) is 1. The molecule has 0 spiro atoms. The largest absolute Gasteiger partial charge is 0.495 e. The zero-order chi connectivity index (χ0) is 11.3. The lowest BCUT2D eigenvalue weighted by Crippen LogP contribution is -1.94. The Morgan fingerprint density at radius 3 is 2.13 bits per heavy atom. The molecule has 1 aromatic carbocycles. The molecule has 3 nitrogen and oxygen atoms in total. The molecule has 0 aliphatic carbocycles. The number of benzene rings is 1. The number of methoxy groups -OCH3 is 2. The Labute approximate surface area is 94.0 Å². The second-order valence-corrected chi connectivity index (χ2v) is 3.68. The van der Waals surface area contributed by atoms with Gasteiger partial charge in [0.15, 0.2) is 0 Å². The number of hydrogen-bond donors (Lipinski definition) is 0. The van der Waals surface area contributed by atoms with E-state index in [2.05, 4.69) is 6.07 Å². The van der Waals surface area contributed by atoms with Gasteiger partial charge in [-0.05, 0) is 24.0 Å². The lowest BCUT2D eigenvalue weighted by molar-refractivity contribution is 0.376. The molecule has 0 saturated carbocycles. The molecule has 1 rings (SSSR count). The molecule has 15 heavy (non-hydrogen) atoms. The summed E-state index contributed by atoms with van der Waals surface area (Å²) in [6.07, 6.45) is 2.33. The summed E-state index contributed by atoms with van der Waals surface area (Å²) in [5, 5.41) is 8.64. The van der Waals surface area contributed by atoms with Crippen molar-refractivity contribution in [2.45, 2.75) is 11.3 Å². The minimum atomic E-state index is 0.362. The molecule has 0 atom stereocenters. The lowest BCUT2D eigenvalue weighted by atomic mass is 10.1. The molecule has 0 heterocycles. The van der Waals surface area contributed by atoms with Gasteiger partial charge >= 0.3 is 0 Å². The molecule has 0 radical (unpaired) electrons. The summed E-state index contributed by atoms with van der Waals surface area (Å²) in [7, 11) is 3.23. The van der Waals surface area contributed by atoms with Gasteiger partial charge in [0.2, 0.25) is 0 Å². The van der Waals surface area contributed by atoms with E-state index in [0.29, 0.717) is 6.42 Å². The fourth-order valence-electron chi connectivity index (χ4n) is 1.33. The summed E-state index contributed by atoms with van der Waals surface area (Å²) in [4.78, 5) is 0.960. The van der Waals surface area contributed by atoms with Gasteiger partial charge in [-0.2, -0.15) is 5.26 Å². The van der Waals surface area contributed by atoms with E-state index in [0.717, 1.165) is 22.0 Å². The van der Waals surface area contributed by atoms with E-state index in [9.17, 15) is 0 Å².